The van der Waals surface area contributed by atoms with Crippen molar-refractivity contribution in [3.8, 4) is 5.75 Å². The number of benzene rings is 1. The molecule has 0 unspecified atom stereocenters. The molecule has 0 aliphatic carbocycles. The summed E-state index contributed by atoms with van der Waals surface area (Å²) in [6.07, 6.45) is -1.23. The molecule has 146 valence electrons. The van der Waals surface area contributed by atoms with Gasteiger partial charge in [0.2, 0.25) is 5.91 Å². The smallest absolute Gasteiger partial charge is 0.406 e. The Hall–Kier alpha value is -2.25. The fourth-order valence-corrected chi connectivity index (χ4v) is 4.76. The lowest BCUT2D eigenvalue weighted by Crippen LogP contribution is -2.61. The highest BCUT2D eigenvalue weighted by atomic mass is 19.4. The maximum Gasteiger partial charge on any atom is 0.573 e. The second-order valence-corrected chi connectivity index (χ2v) is 7.65. The second kappa shape index (κ2) is 6.73. The van der Waals surface area contributed by atoms with Crippen LogP contribution in [0.3, 0.4) is 0 Å². The molecule has 1 aromatic carbocycles. The Morgan fingerprint density at radius 2 is 1.85 bits per heavy atom. The summed E-state index contributed by atoms with van der Waals surface area (Å²) in [6, 6.07) is 5.26. The molecule has 3 fully saturated rings. The predicted molar refractivity (Wildman–Crippen MR) is 90.0 cm³/mol. The van der Waals surface area contributed by atoms with Gasteiger partial charge in [-0.15, -0.1) is 13.2 Å². The summed E-state index contributed by atoms with van der Waals surface area (Å²) in [7, 11) is 0. The number of ether oxygens (including phenoxy) is 1. The topological polar surface area (TPSA) is 49.9 Å². The molecule has 4 rings (SSSR count). The lowest BCUT2D eigenvalue weighted by molar-refractivity contribution is -0.274. The number of carbonyl (C=O) groups is 2. The van der Waals surface area contributed by atoms with Gasteiger partial charge in [-0.25, -0.2) is 0 Å². The zero-order valence-corrected chi connectivity index (χ0v) is 14.7. The number of fused-ring (bicyclic) bond motifs is 4. The average molecular weight is 382 g/mol. The van der Waals surface area contributed by atoms with Gasteiger partial charge in [0, 0.05) is 37.7 Å². The van der Waals surface area contributed by atoms with Crippen molar-refractivity contribution in [2.75, 3.05) is 19.6 Å². The van der Waals surface area contributed by atoms with Crippen LogP contribution in [0.25, 0.3) is 0 Å². The first-order chi connectivity index (χ1) is 12.8. The van der Waals surface area contributed by atoms with Gasteiger partial charge in [0.05, 0.1) is 0 Å². The largest absolute Gasteiger partial charge is 0.573 e. The summed E-state index contributed by atoms with van der Waals surface area (Å²) >= 11 is 0. The van der Waals surface area contributed by atoms with E-state index in [0.717, 1.165) is 31.4 Å². The molecule has 3 aliphatic rings. The Morgan fingerprint density at radius 3 is 2.56 bits per heavy atom. The molecule has 3 aliphatic heterocycles. The number of amides is 2. The van der Waals surface area contributed by atoms with E-state index in [-0.39, 0.29) is 35.4 Å². The summed E-state index contributed by atoms with van der Waals surface area (Å²) in [6.45, 7) is 1.86. The molecule has 8 heteroatoms. The molecule has 0 radical (unpaired) electrons. The van der Waals surface area contributed by atoms with Crippen LogP contribution in [0, 0.1) is 11.8 Å². The number of hydrogen-bond acceptors (Lipinski definition) is 3. The Bertz CT molecular complexity index is 735. The zero-order valence-electron chi connectivity index (χ0n) is 14.7. The molecule has 27 heavy (non-hydrogen) atoms. The van der Waals surface area contributed by atoms with Crippen LogP contribution >= 0.6 is 0 Å². The highest BCUT2D eigenvalue weighted by Gasteiger charge is 2.44. The summed E-state index contributed by atoms with van der Waals surface area (Å²) in [5.74, 6) is 0.239. The van der Waals surface area contributed by atoms with Crippen molar-refractivity contribution in [2.45, 2.75) is 38.1 Å². The second-order valence-electron chi connectivity index (χ2n) is 7.65. The first kappa shape index (κ1) is 18.1. The molecule has 0 aromatic heterocycles. The van der Waals surface area contributed by atoms with E-state index >= 15 is 0 Å². The van der Waals surface area contributed by atoms with Crippen LogP contribution in [0.1, 0.15) is 36.0 Å². The van der Waals surface area contributed by atoms with Gasteiger partial charge in [-0.2, -0.15) is 0 Å². The molecule has 2 bridgehead atoms. The van der Waals surface area contributed by atoms with Gasteiger partial charge >= 0.3 is 6.36 Å². The summed E-state index contributed by atoms with van der Waals surface area (Å²) in [5.41, 5.74) is 0.348. The predicted octanol–water partition coefficient (Wildman–Crippen LogP) is 3.06. The minimum Gasteiger partial charge on any atom is -0.406 e. The summed E-state index contributed by atoms with van der Waals surface area (Å²) in [5, 5.41) is 0. The van der Waals surface area contributed by atoms with E-state index in [0.29, 0.717) is 31.6 Å². The Labute approximate surface area is 155 Å². The third kappa shape index (κ3) is 3.75. The molecule has 3 atom stereocenters. The van der Waals surface area contributed by atoms with E-state index < -0.39 is 6.36 Å². The van der Waals surface area contributed by atoms with E-state index in [1.54, 1.807) is 4.90 Å². The van der Waals surface area contributed by atoms with Gasteiger partial charge in [0.15, 0.2) is 0 Å². The summed E-state index contributed by atoms with van der Waals surface area (Å²) in [4.78, 5) is 28.8. The third-order valence-electron chi connectivity index (χ3n) is 5.80. The maximum atomic E-state index is 12.8. The third-order valence-corrected chi connectivity index (χ3v) is 5.80. The van der Waals surface area contributed by atoms with E-state index in [1.165, 1.54) is 12.1 Å². The van der Waals surface area contributed by atoms with Crippen LogP contribution in [0.2, 0.25) is 0 Å². The number of likely N-dealkylation sites (tertiary alicyclic amines) is 1. The molecule has 0 spiro atoms. The Balaban J connectivity index is 1.45. The van der Waals surface area contributed by atoms with Gasteiger partial charge in [-0.3, -0.25) is 9.59 Å². The van der Waals surface area contributed by atoms with Crippen LogP contribution in [-0.4, -0.2) is 53.7 Å². The lowest BCUT2D eigenvalue weighted by Gasteiger charge is -2.52. The highest BCUT2D eigenvalue weighted by molar-refractivity contribution is 5.94. The number of alkyl halides is 3. The average Bonchev–Trinajstić information content (AvgIpc) is 2.61. The minimum absolute atomic E-state index is 0.182. The lowest BCUT2D eigenvalue weighted by atomic mass is 9.76. The molecular formula is C19H21F3N2O3. The van der Waals surface area contributed by atoms with Gasteiger partial charge in [-0.1, -0.05) is 0 Å². The van der Waals surface area contributed by atoms with Crippen molar-refractivity contribution in [2.24, 2.45) is 11.8 Å². The molecule has 2 amide bonds. The van der Waals surface area contributed by atoms with E-state index in [4.69, 9.17) is 0 Å². The number of rotatable bonds is 2. The first-order valence-electron chi connectivity index (χ1n) is 9.25. The van der Waals surface area contributed by atoms with Crippen molar-refractivity contribution in [3.05, 3.63) is 29.8 Å². The van der Waals surface area contributed by atoms with Crippen molar-refractivity contribution >= 4 is 11.8 Å². The van der Waals surface area contributed by atoms with Crippen molar-refractivity contribution in [3.63, 3.8) is 0 Å². The fourth-order valence-electron chi connectivity index (χ4n) is 4.76. The number of hydrogen-bond donors (Lipinski definition) is 0. The summed E-state index contributed by atoms with van der Waals surface area (Å²) < 4.78 is 40.6. The molecule has 5 nitrogen and oxygen atoms in total. The van der Waals surface area contributed by atoms with Crippen LogP contribution in [0.15, 0.2) is 24.3 Å². The van der Waals surface area contributed by atoms with Crippen LogP contribution < -0.4 is 4.74 Å². The Morgan fingerprint density at radius 1 is 1.11 bits per heavy atom. The number of piperidine rings is 3. The minimum atomic E-state index is -4.75. The maximum absolute atomic E-state index is 12.8. The SMILES string of the molecule is O=C(c1ccc(OC(F)(F)F)cc1)N1C[C@H]2C[C@H](C1)[C@H]1CCCC(=O)N1C2. The van der Waals surface area contributed by atoms with Gasteiger partial charge in [-0.05, 0) is 55.4 Å². The van der Waals surface area contributed by atoms with Crippen LogP contribution in [-0.2, 0) is 4.79 Å². The van der Waals surface area contributed by atoms with Crippen molar-refractivity contribution in [1.82, 2.24) is 9.80 Å². The van der Waals surface area contributed by atoms with E-state index in [2.05, 4.69) is 4.74 Å². The molecule has 0 saturated carbocycles. The van der Waals surface area contributed by atoms with Gasteiger partial charge in [0.1, 0.15) is 5.75 Å². The highest BCUT2D eigenvalue weighted by Crippen LogP contribution is 2.38. The Kier molecular flexibility index (Phi) is 4.52. The molecule has 3 heterocycles. The van der Waals surface area contributed by atoms with Crippen LogP contribution in [0.4, 0.5) is 13.2 Å². The molecule has 1 aromatic rings. The molecule has 3 saturated heterocycles. The quantitative estimate of drug-likeness (QED) is 0.790. The number of carbonyl (C=O) groups excluding carboxylic acids is 2. The van der Waals surface area contributed by atoms with Gasteiger partial charge < -0.3 is 14.5 Å². The van der Waals surface area contributed by atoms with Crippen molar-refractivity contribution < 1.29 is 27.5 Å². The van der Waals surface area contributed by atoms with Crippen molar-refractivity contribution in [1.29, 1.82) is 0 Å². The number of nitrogens with zero attached hydrogens (tertiary/aromatic N) is 2. The zero-order chi connectivity index (χ0) is 19.2. The van der Waals surface area contributed by atoms with Crippen LogP contribution in [0.5, 0.6) is 5.75 Å². The van der Waals surface area contributed by atoms with Gasteiger partial charge in [0.25, 0.3) is 5.91 Å². The van der Waals surface area contributed by atoms with E-state index in [1.807, 2.05) is 4.90 Å². The normalized spacial score (nSPS) is 28.0. The monoisotopic (exact) mass is 382 g/mol. The van der Waals surface area contributed by atoms with E-state index in [9.17, 15) is 22.8 Å². The number of halogens is 3. The first-order valence-corrected chi connectivity index (χ1v) is 9.25. The standard InChI is InChI=1S/C19H21F3N2O3/c20-19(21,22)27-15-6-4-13(5-7-15)18(26)23-9-12-8-14(11-23)16-2-1-3-17(25)24(16)10-12/h4-7,12,14,16H,1-3,8-11H2/t12-,14-,16-/m1/s1. The fraction of sp³-hybridized carbons (Fsp3) is 0.579. The molecule has 0 N–H and O–H groups in total. The molecular weight excluding hydrogens is 361 g/mol.